The predicted molar refractivity (Wildman–Crippen MR) is 65.5 cm³/mol. The fraction of sp³-hybridized carbons (Fsp3) is 0. The van der Waals surface area contributed by atoms with Gasteiger partial charge in [0, 0.05) is 11.1 Å². The molecule has 2 aromatic rings. The van der Waals surface area contributed by atoms with Gasteiger partial charge in [-0.2, -0.15) is 0 Å². The van der Waals surface area contributed by atoms with Crippen LogP contribution in [0.4, 0.5) is 0 Å². The minimum Gasteiger partial charge on any atom is -0.237 e. The zero-order valence-electron chi connectivity index (χ0n) is 8.66. The Balaban J connectivity index is 2.50. The second kappa shape index (κ2) is 3.51. The second-order valence-corrected chi connectivity index (χ2v) is 8.16. The van der Waals surface area contributed by atoms with E-state index < -0.39 is 18.7 Å². The highest BCUT2D eigenvalue weighted by atomic mass is 33.2. The summed E-state index contributed by atoms with van der Waals surface area (Å²) in [5, 5.41) is 0. The maximum atomic E-state index is 12.1. The molecule has 0 saturated heterocycles. The van der Waals surface area contributed by atoms with Gasteiger partial charge in [0.15, 0.2) is 9.83 Å². The van der Waals surface area contributed by atoms with Gasteiger partial charge in [-0.1, -0.05) is 36.4 Å². The van der Waals surface area contributed by atoms with E-state index in [4.69, 9.17) is 0 Å². The van der Waals surface area contributed by atoms with Gasteiger partial charge in [0.25, 0.3) is 8.87 Å². The van der Waals surface area contributed by atoms with Crippen molar-refractivity contribution >= 4 is 18.7 Å². The van der Waals surface area contributed by atoms with E-state index >= 15 is 0 Å². The summed E-state index contributed by atoms with van der Waals surface area (Å²) in [4.78, 5) is 0.517. The van der Waals surface area contributed by atoms with Gasteiger partial charge >= 0.3 is 0 Å². The molecule has 0 aromatic heterocycles. The highest BCUT2D eigenvalue weighted by Crippen LogP contribution is 2.39. The van der Waals surface area contributed by atoms with Crippen LogP contribution in [0.25, 0.3) is 11.1 Å². The van der Waals surface area contributed by atoms with E-state index in [1.165, 1.54) is 6.07 Å². The maximum absolute atomic E-state index is 12.1. The Bertz CT molecular complexity index is 733. The van der Waals surface area contributed by atoms with Crippen LogP contribution < -0.4 is 0 Å². The molecule has 1 heterocycles. The molecule has 1 aliphatic heterocycles. The summed E-state index contributed by atoms with van der Waals surface area (Å²) in [6.45, 7) is 0. The number of benzene rings is 2. The third-order valence-electron chi connectivity index (χ3n) is 2.71. The largest absolute Gasteiger partial charge is 0.262 e. The Labute approximate surface area is 101 Å². The van der Waals surface area contributed by atoms with E-state index in [-0.39, 0.29) is 4.90 Å². The van der Waals surface area contributed by atoms with Crippen LogP contribution in [0.5, 0.6) is 0 Å². The summed E-state index contributed by atoms with van der Waals surface area (Å²) in [6.07, 6.45) is 0. The SMILES string of the molecule is O=S1c2ccccc2-c2ccccc2S1(=O)=O. The summed E-state index contributed by atoms with van der Waals surface area (Å²) < 4.78 is 36.2. The number of fused-ring (bicyclic) bond motifs is 3. The first-order valence-electron chi connectivity index (χ1n) is 4.98. The van der Waals surface area contributed by atoms with Crippen LogP contribution in [0.3, 0.4) is 0 Å². The van der Waals surface area contributed by atoms with E-state index in [1.807, 2.05) is 6.07 Å². The summed E-state index contributed by atoms with van der Waals surface area (Å²) >= 11 is 0. The topological polar surface area (TPSA) is 51.2 Å². The molecule has 5 heteroatoms. The lowest BCUT2D eigenvalue weighted by molar-refractivity contribution is 0.605. The molecule has 0 bridgehead atoms. The standard InChI is InChI=1S/C12H8O3S2/c13-16-11-7-3-1-5-9(11)10-6-2-4-8-12(10)17(16,14)15/h1-8H. The van der Waals surface area contributed by atoms with Gasteiger partial charge in [0.1, 0.15) is 0 Å². The van der Waals surface area contributed by atoms with E-state index in [1.54, 1.807) is 36.4 Å². The Morgan fingerprint density at radius 1 is 0.824 bits per heavy atom. The van der Waals surface area contributed by atoms with Crippen molar-refractivity contribution in [1.29, 1.82) is 0 Å². The van der Waals surface area contributed by atoms with Gasteiger partial charge in [-0.3, -0.25) is 0 Å². The number of hydrogen-bond acceptors (Lipinski definition) is 3. The molecule has 0 radical (unpaired) electrons. The van der Waals surface area contributed by atoms with Crippen molar-refractivity contribution in [3.05, 3.63) is 48.5 Å². The molecule has 0 saturated carbocycles. The molecule has 0 N–H and O–H groups in total. The van der Waals surface area contributed by atoms with Gasteiger partial charge in [-0.15, -0.1) is 0 Å². The third kappa shape index (κ3) is 1.39. The Morgan fingerprint density at radius 3 is 2.18 bits per heavy atom. The van der Waals surface area contributed by atoms with E-state index in [0.717, 1.165) is 5.56 Å². The first-order valence-corrected chi connectivity index (χ1v) is 8.13. The first-order chi connectivity index (χ1) is 8.12. The van der Waals surface area contributed by atoms with Crippen molar-refractivity contribution < 1.29 is 12.6 Å². The van der Waals surface area contributed by atoms with Crippen molar-refractivity contribution in [2.24, 2.45) is 0 Å². The van der Waals surface area contributed by atoms with E-state index in [2.05, 4.69) is 0 Å². The minimum absolute atomic E-state index is 0.150. The van der Waals surface area contributed by atoms with Crippen molar-refractivity contribution in [2.75, 3.05) is 0 Å². The Hall–Kier alpha value is -1.46. The van der Waals surface area contributed by atoms with Crippen LogP contribution in [-0.4, -0.2) is 12.6 Å². The Morgan fingerprint density at radius 2 is 1.41 bits per heavy atom. The molecule has 0 fully saturated rings. The number of rotatable bonds is 0. The zero-order valence-corrected chi connectivity index (χ0v) is 10.3. The molecular weight excluding hydrogens is 256 g/mol. The maximum Gasteiger partial charge on any atom is 0.262 e. The highest BCUT2D eigenvalue weighted by molar-refractivity contribution is 8.64. The molecule has 3 rings (SSSR count). The lowest BCUT2D eigenvalue weighted by atomic mass is 10.1. The summed E-state index contributed by atoms with van der Waals surface area (Å²) in [5.41, 5.74) is 1.36. The summed E-state index contributed by atoms with van der Waals surface area (Å²) in [7, 11) is -5.78. The van der Waals surface area contributed by atoms with Gasteiger partial charge in [-0.05, 0) is 12.1 Å². The monoisotopic (exact) mass is 264 g/mol. The van der Waals surface area contributed by atoms with E-state index in [9.17, 15) is 12.6 Å². The van der Waals surface area contributed by atoms with Crippen LogP contribution >= 0.6 is 0 Å². The summed E-state index contributed by atoms with van der Waals surface area (Å²) in [6, 6.07) is 13.5. The van der Waals surface area contributed by atoms with E-state index in [0.29, 0.717) is 10.5 Å². The van der Waals surface area contributed by atoms with Crippen LogP contribution in [0.1, 0.15) is 0 Å². The lowest BCUT2D eigenvalue weighted by Crippen LogP contribution is -2.15. The lowest BCUT2D eigenvalue weighted by Gasteiger charge is -2.18. The molecule has 2 aromatic carbocycles. The van der Waals surface area contributed by atoms with Crippen molar-refractivity contribution in [3.63, 3.8) is 0 Å². The van der Waals surface area contributed by atoms with Gasteiger partial charge in [0.05, 0.1) is 9.79 Å². The smallest absolute Gasteiger partial charge is 0.237 e. The zero-order chi connectivity index (χ0) is 12.0. The fourth-order valence-electron chi connectivity index (χ4n) is 1.94. The van der Waals surface area contributed by atoms with Crippen molar-refractivity contribution in [3.8, 4) is 11.1 Å². The molecule has 17 heavy (non-hydrogen) atoms. The third-order valence-corrected chi connectivity index (χ3v) is 6.99. The summed E-state index contributed by atoms with van der Waals surface area (Å²) in [5.74, 6) is 0. The molecule has 86 valence electrons. The van der Waals surface area contributed by atoms with Crippen LogP contribution in [0.15, 0.2) is 58.3 Å². The average molecular weight is 264 g/mol. The molecule has 0 spiro atoms. The molecule has 1 aliphatic rings. The van der Waals surface area contributed by atoms with Crippen LogP contribution in [0, 0.1) is 0 Å². The molecule has 0 amide bonds. The highest BCUT2D eigenvalue weighted by Gasteiger charge is 2.34. The van der Waals surface area contributed by atoms with Gasteiger partial charge in [0.2, 0.25) is 0 Å². The van der Waals surface area contributed by atoms with Crippen LogP contribution in [-0.2, 0) is 18.7 Å². The molecule has 1 unspecified atom stereocenters. The van der Waals surface area contributed by atoms with Crippen molar-refractivity contribution in [1.82, 2.24) is 0 Å². The predicted octanol–water partition coefficient (Wildman–Crippen LogP) is 2.16. The molecule has 3 nitrogen and oxygen atoms in total. The van der Waals surface area contributed by atoms with Crippen molar-refractivity contribution in [2.45, 2.75) is 9.79 Å². The fourth-order valence-corrected chi connectivity index (χ4v) is 5.65. The average Bonchev–Trinajstić information content (AvgIpc) is 2.37. The molecule has 1 atom stereocenters. The molecular formula is C12H8O3S2. The molecule has 0 aliphatic carbocycles. The van der Waals surface area contributed by atoms with Gasteiger partial charge in [-0.25, -0.2) is 12.6 Å². The van der Waals surface area contributed by atoms with Gasteiger partial charge < -0.3 is 0 Å². The first kappa shape index (κ1) is 10.7. The quantitative estimate of drug-likeness (QED) is 0.685. The minimum atomic E-state index is -3.76. The normalized spacial score (nSPS) is 20.4. The van der Waals surface area contributed by atoms with Crippen LogP contribution in [0.2, 0.25) is 0 Å². The second-order valence-electron chi connectivity index (χ2n) is 3.68. The number of hydrogen-bond donors (Lipinski definition) is 0. The Kier molecular flexibility index (Phi) is 2.21.